The van der Waals surface area contributed by atoms with Gasteiger partial charge in [-0.15, -0.1) is 0 Å². The van der Waals surface area contributed by atoms with Crippen molar-refractivity contribution < 1.29 is 14.3 Å². The van der Waals surface area contributed by atoms with Crippen molar-refractivity contribution in [2.24, 2.45) is 5.41 Å². The summed E-state index contributed by atoms with van der Waals surface area (Å²) in [5.41, 5.74) is -0.413. The Kier molecular flexibility index (Phi) is 3.72. The first kappa shape index (κ1) is 12.0. The number of ether oxygens (including phenoxy) is 1. The van der Waals surface area contributed by atoms with Crippen LogP contribution >= 0.6 is 0 Å². The predicted molar refractivity (Wildman–Crippen MR) is 56.6 cm³/mol. The quantitative estimate of drug-likeness (QED) is 0.672. The molecule has 15 heavy (non-hydrogen) atoms. The van der Waals surface area contributed by atoms with Crippen LogP contribution in [0.1, 0.15) is 33.6 Å². The second kappa shape index (κ2) is 4.64. The van der Waals surface area contributed by atoms with Gasteiger partial charge in [0.15, 0.2) is 5.78 Å². The molecule has 0 N–H and O–H groups in total. The molecule has 1 aliphatic heterocycles. The van der Waals surface area contributed by atoms with Crippen molar-refractivity contribution >= 4 is 11.9 Å². The Labute approximate surface area is 90.6 Å². The standard InChI is InChI=1S/C11H19NO3/c1-4-5-6-15-10(14)12-7-9(13)11(2,3)8-12/h4-8H2,1-3H3. The molecule has 0 aliphatic carbocycles. The second-order valence-corrected chi connectivity index (χ2v) is 4.63. The van der Waals surface area contributed by atoms with Crippen molar-refractivity contribution in [3.8, 4) is 0 Å². The molecule has 0 aromatic heterocycles. The van der Waals surface area contributed by atoms with Crippen LogP contribution < -0.4 is 0 Å². The van der Waals surface area contributed by atoms with E-state index in [0.717, 1.165) is 12.8 Å². The van der Waals surface area contributed by atoms with Gasteiger partial charge in [0.1, 0.15) is 0 Å². The first-order chi connectivity index (χ1) is 6.97. The van der Waals surface area contributed by atoms with Crippen molar-refractivity contribution in [2.75, 3.05) is 19.7 Å². The number of unbranched alkanes of at least 4 members (excludes halogenated alkanes) is 1. The number of amides is 1. The summed E-state index contributed by atoms with van der Waals surface area (Å²) in [7, 11) is 0. The molecule has 86 valence electrons. The fourth-order valence-corrected chi connectivity index (χ4v) is 1.53. The van der Waals surface area contributed by atoms with Crippen LogP contribution in [0.3, 0.4) is 0 Å². The second-order valence-electron chi connectivity index (χ2n) is 4.63. The van der Waals surface area contributed by atoms with Gasteiger partial charge in [-0.05, 0) is 6.42 Å². The molecule has 0 radical (unpaired) electrons. The Bertz CT molecular complexity index is 261. The Morgan fingerprint density at radius 2 is 2.20 bits per heavy atom. The molecular weight excluding hydrogens is 194 g/mol. The average Bonchev–Trinajstić information content (AvgIpc) is 2.42. The molecule has 1 saturated heterocycles. The maximum atomic E-state index is 11.5. The largest absolute Gasteiger partial charge is 0.449 e. The van der Waals surface area contributed by atoms with Crippen LogP contribution in [0.2, 0.25) is 0 Å². The Hall–Kier alpha value is -1.06. The van der Waals surface area contributed by atoms with Gasteiger partial charge in [-0.3, -0.25) is 9.69 Å². The van der Waals surface area contributed by atoms with Crippen LogP contribution in [-0.4, -0.2) is 36.5 Å². The van der Waals surface area contributed by atoms with E-state index in [4.69, 9.17) is 4.74 Å². The van der Waals surface area contributed by atoms with Crippen molar-refractivity contribution in [2.45, 2.75) is 33.6 Å². The number of Topliss-reactive ketones (excluding diaryl/α,β-unsaturated/α-hetero) is 1. The van der Waals surface area contributed by atoms with Gasteiger partial charge in [-0.25, -0.2) is 4.79 Å². The number of likely N-dealkylation sites (tertiary alicyclic amines) is 1. The lowest BCUT2D eigenvalue weighted by atomic mass is 9.92. The lowest BCUT2D eigenvalue weighted by Crippen LogP contribution is -2.31. The highest BCUT2D eigenvalue weighted by atomic mass is 16.6. The first-order valence-corrected chi connectivity index (χ1v) is 5.42. The molecule has 0 atom stereocenters. The van der Waals surface area contributed by atoms with Crippen LogP contribution in [0.4, 0.5) is 4.79 Å². The molecule has 0 spiro atoms. The van der Waals surface area contributed by atoms with Crippen molar-refractivity contribution in [1.29, 1.82) is 0 Å². The van der Waals surface area contributed by atoms with E-state index in [0.29, 0.717) is 13.2 Å². The van der Waals surface area contributed by atoms with Gasteiger partial charge in [0.05, 0.1) is 13.2 Å². The predicted octanol–water partition coefficient (Wildman–Crippen LogP) is 1.83. The van der Waals surface area contributed by atoms with Gasteiger partial charge in [0, 0.05) is 12.0 Å². The summed E-state index contributed by atoms with van der Waals surface area (Å²) in [4.78, 5) is 24.5. The molecular formula is C11H19NO3. The fraction of sp³-hybridized carbons (Fsp3) is 0.818. The summed E-state index contributed by atoms with van der Waals surface area (Å²) in [5.74, 6) is 0.106. The highest BCUT2D eigenvalue weighted by Gasteiger charge is 2.40. The van der Waals surface area contributed by atoms with E-state index in [9.17, 15) is 9.59 Å². The average molecular weight is 213 g/mol. The van der Waals surface area contributed by atoms with E-state index < -0.39 is 5.41 Å². The first-order valence-electron chi connectivity index (χ1n) is 5.42. The molecule has 4 nitrogen and oxygen atoms in total. The van der Waals surface area contributed by atoms with Crippen LogP contribution in [0.5, 0.6) is 0 Å². The molecule has 4 heteroatoms. The van der Waals surface area contributed by atoms with Gasteiger partial charge >= 0.3 is 6.09 Å². The molecule has 1 rings (SSSR count). The van der Waals surface area contributed by atoms with Crippen molar-refractivity contribution in [3.05, 3.63) is 0 Å². The zero-order valence-electron chi connectivity index (χ0n) is 9.71. The highest BCUT2D eigenvalue weighted by Crippen LogP contribution is 2.25. The van der Waals surface area contributed by atoms with Gasteiger partial charge in [-0.1, -0.05) is 27.2 Å². The molecule has 1 aliphatic rings. The van der Waals surface area contributed by atoms with Crippen molar-refractivity contribution in [3.63, 3.8) is 0 Å². The lowest BCUT2D eigenvalue weighted by Gasteiger charge is -2.17. The number of carbonyl (C=O) groups is 2. The molecule has 0 saturated carbocycles. The fourth-order valence-electron chi connectivity index (χ4n) is 1.53. The lowest BCUT2D eigenvalue weighted by molar-refractivity contribution is -0.123. The Balaban J connectivity index is 2.40. The number of nitrogens with zero attached hydrogens (tertiary/aromatic N) is 1. The van der Waals surface area contributed by atoms with E-state index in [1.807, 2.05) is 20.8 Å². The van der Waals surface area contributed by atoms with E-state index in [1.54, 1.807) is 0 Å². The summed E-state index contributed by atoms with van der Waals surface area (Å²) >= 11 is 0. The number of rotatable bonds is 3. The maximum absolute atomic E-state index is 11.5. The third-order valence-electron chi connectivity index (χ3n) is 2.66. The third-order valence-corrected chi connectivity index (χ3v) is 2.66. The minimum Gasteiger partial charge on any atom is -0.449 e. The van der Waals surface area contributed by atoms with Crippen LogP contribution in [0.25, 0.3) is 0 Å². The topological polar surface area (TPSA) is 46.6 Å². The van der Waals surface area contributed by atoms with Gasteiger partial charge < -0.3 is 4.74 Å². The number of carbonyl (C=O) groups excluding carboxylic acids is 2. The SMILES string of the molecule is CCCCOC(=O)N1CC(=O)C(C)(C)C1. The maximum Gasteiger partial charge on any atom is 0.410 e. The summed E-state index contributed by atoms with van der Waals surface area (Å²) in [5, 5.41) is 0. The smallest absolute Gasteiger partial charge is 0.410 e. The van der Waals surface area contributed by atoms with Gasteiger partial charge in [-0.2, -0.15) is 0 Å². The molecule has 0 unspecified atom stereocenters. The van der Waals surface area contributed by atoms with E-state index in [-0.39, 0.29) is 18.4 Å². The highest BCUT2D eigenvalue weighted by molar-refractivity contribution is 5.91. The molecule has 0 bridgehead atoms. The summed E-state index contributed by atoms with van der Waals surface area (Å²) in [6.07, 6.45) is 1.51. The molecule has 1 amide bonds. The number of hydrogen-bond acceptors (Lipinski definition) is 3. The van der Waals surface area contributed by atoms with Gasteiger partial charge in [0.25, 0.3) is 0 Å². The van der Waals surface area contributed by atoms with Gasteiger partial charge in [0.2, 0.25) is 0 Å². The zero-order valence-corrected chi connectivity index (χ0v) is 9.71. The van der Waals surface area contributed by atoms with E-state index in [2.05, 4.69) is 0 Å². The normalized spacial score (nSPS) is 19.4. The number of ketones is 1. The minimum absolute atomic E-state index is 0.106. The third kappa shape index (κ3) is 2.94. The van der Waals surface area contributed by atoms with Crippen LogP contribution in [0, 0.1) is 5.41 Å². The Morgan fingerprint density at radius 1 is 1.53 bits per heavy atom. The molecule has 0 aromatic carbocycles. The van der Waals surface area contributed by atoms with E-state index >= 15 is 0 Å². The van der Waals surface area contributed by atoms with Crippen LogP contribution in [-0.2, 0) is 9.53 Å². The molecule has 0 aromatic rings. The van der Waals surface area contributed by atoms with E-state index in [1.165, 1.54) is 4.90 Å². The monoisotopic (exact) mass is 213 g/mol. The summed E-state index contributed by atoms with van der Waals surface area (Å²) in [6.45, 7) is 6.86. The van der Waals surface area contributed by atoms with Crippen molar-refractivity contribution in [1.82, 2.24) is 4.90 Å². The molecule has 1 fully saturated rings. The number of hydrogen-bond donors (Lipinski definition) is 0. The summed E-state index contributed by atoms with van der Waals surface area (Å²) in [6, 6.07) is 0. The zero-order chi connectivity index (χ0) is 11.5. The Morgan fingerprint density at radius 3 is 2.67 bits per heavy atom. The van der Waals surface area contributed by atoms with Crippen LogP contribution in [0.15, 0.2) is 0 Å². The minimum atomic E-state index is -0.413. The molecule has 1 heterocycles. The summed E-state index contributed by atoms with van der Waals surface area (Å²) < 4.78 is 5.04.